The van der Waals surface area contributed by atoms with Gasteiger partial charge in [0.05, 0.1) is 6.54 Å². The zero-order chi connectivity index (χ0) is 19.3. The van der Waals surface area contributed by atoms with Gasteiger partial charge < -0.3 is 4.90 Å². The number of carbonyl (C=O) groups is 1. The van der Waals surface area contributed by atoms with Crippen molar-refractivity contribution in [3.63, 3.8) is 0 Å². The molecule has 1 aromatic carbocycles. The molecule has 1 saturated carbocycles. The summed E-state index contributed by atoms with van der Waals surface area (Å²) in [5, 5.41) is 2.14. The summed E-state index contributed by atoms with van der Waals surface area (Å²) in [6.45, 7) is 8.36. The van der Waals surface area contributed by atoms with E-state index in [0.717, 1.165) is 45.2 Å². The van der Waals surface area contributed by atoms with Gasteiger partial charge in [-0.05, 0) is 42.7 Å². The van der Waals surface area contributed by atoms with E-state index >= 15 is 0 Å². The highest BCUT2D eigenvalue weighted by Crippen LogP contribution is 2.35. The fourth-order valence-corrected chi connectivity index (χ4v) is 4.84. The fraction of sp³-hybridized carbons (Fsp3) is 0.522. The van der Waals surface area contributed by atoms with Gasteiger partial charge in [0.15, 0.2) is 0 Å². The molecular weight excluding hydrogens is 366 g/mol. The molecule has 1 aliphatic heterocycles. The van der Waals surface area contributed by atoms with Crippen LogP contribution < -0.4 is 0 Å². The van der Waals surface area contributed by atoms with Gasteiger partial charge in [0.1, 0.15) is 0 Å². The maximum absolute atomic E-state index is 13.0. The molecule has 1 amide bonds. The zero-order valence-electron chi connectivity index (χ0n) is 16.8. The first-order chi connectivity index (χ1) is 13.7. The van der Waals surface area contributed by atoms with Crippen molar-refractivity contribution >= 4 is 17.2 Å². The minimum absolute atomic E-state index is 0.291. The van der Waals surface area contributed by atoms with Crippen molar-refractivity contribution in [2.24, 2.45) is 5.92 Å². The summed E-state index contributed by atoms with van der Waals surface area (Å²) in [6, 6.07) is 15.3. The van der Waals surface area contributed by atoms with Gasteiger partial charge in [0, 0.05) is 50.2 Å². The molecule has 1 aliphatic carbocycles. The molecule has 0 spiro atoms. The lowest BCUT2D eigenvalue weighted by Gasteiger charge is -2.36. The third kappa shape index (κ3) is 5.22. The van der Waals surface area contributed by atoms with Gasteiger partial charge in [-0.15, -0.1) is 11.3 Å². The number of amides is 1. The summed E-state index contributed by atoms with van der Waals surface area (Å²) in [7, 11) is 0. The Morgan fingerprint density at radius 3 is 2.50 bits per heavy atom. The van der Waals surface area contributed by atoms with Gasteiger partial charge in [-0.25, -0.2) is 0 Å². The first-order valence-electron chi connectivity index (χ1n) is 10.5. The van der Waals surface area contributed by atoms with Crippen LogP contribution in [0.25, 0.3) is 0 Å². The number of carbonyl (C=O) groups excluding carboxylic acids is 1. The predicted molar refractivity (Wildman–Crippen MR) is 115 cm³/mol. The van der Waals surface area contributed by atoms with Crippen LogP contribution in [0.15, 0.2) is 47.8 Å². The van der Waals surface area contributed by atoms with Gasteiger partial charge in [-0.3, -0.25) is 14.6 Å². The smallest absolute Gasteiger partial charge is 0.236 e. The van der Waals surface area contributed by atoms with Crippen molar-refractivity contribution in [2.45, 2.75) is 38.9 Å². The van der Waals surface area contributed by atoms with Crippen molar-refractivity contribution in [1.29, 1.82) is 0 Å². The zero-order valence-corrected chi connectivity index (χ0v) is 17.6. The quantitative estimate of drug-likeness (QED) is 0.680. The van der Waals surface area contributed by atoms with E-state index < -0.39 is 0 Å². The monoisotopic (exact) mass is 397 g/mol. The molecule has 150 valence electrons. The predicted octanol–water partition coefficient (Wildman–Crippen LogP) is 3.69. The van der Waals surface area contributed by atoms with Crippen LogP contribution in [-0.4, -0.2) is 59.4 Å². The van der Waals surface area contributed by atoms with Crippen molar-refractivity contribution < 1.29 is 4.79 Å². The van der Waals surface area contributed by atoms with Crippen LogP contribution in [0.5, 0.6) is 0 Å². The Balaban J connectivity index is 1.31. The number of hydrogen-bond donors (Lipinski definition) is 0. The highest BCUT2D eigenvalue weighted by atomic mass is 32.1. The maximum atomic E-state index is 13.0. The van der Waals surface area contributed by atoms with Crippen LogP contribution in [-0.2, 0) is 17.9 Å². The average Bonchev–Trinajstić information content (AvgIpc) is 3.45. The van der Waals surface area contributed by atoms with Gasteiger partial charge in [-0.2, -0.15) is 0 Å². The standard InChI is InChI=1S/C23H31N3OS/c1-19(21-9-10-21)26(16-20-6-3-2-4-7-20)18-23(27)25-13-11-24(12-14-25)17-22-8-5-15-28-22/h2-8,15,19,21H,9-14,16-18H2,1H3. The normalized spacial score (nSPS) is 19.1. The second kappa shape index (κ2) is 9.21. The minimum Gasteiger partial charge on any atom is -0.339 e. The minimum atomic E-state index is 0.291. The highest BCUT2D eigenvalue weighted by molar-refractivity contribution is 7.09. The Hall–Kier alpha value is -1.69. The SMILES string of the molecule is CC(C1CC1)N(CC(=O)N1CCN(Cc2cccs2)CC1)Cc1ccccc1. The first-order valence-corrected chi connectivity index (χ1v) is 11.4. The molecule has 5 heteroatoms. The lowest BCUT2D eigenvalue weighted by Crippen LogP contribution is -2.51. The largest absolute Gasteiger partial charge is 0.339 e. The molecule has 2 aliphatic rings. The summed E-state index contributed by atoms with van der Waals surface area (Å²) in [5.41, 5.74) is 1.29. The number of rotatable bonds is 8. The summed E-state index contributed by atoms with van der Waals surface area (Å²) in [4.78, 5) is 21.4. The van der Waals surface area contributed by atoms with E-state index in [-0.39, 0.29) is 0 Å². The summed E-state index contributed by atoms with van der Waals surface area (Å²) < 4.78 is 0. The van der Waals surface area contributed by atoms with Gasteiger partial charge in [0.2, 0.25) is 5.91 Å². The molecule has 2 heterocycles. The molecule has 4 rings (SSSR count). The van der Waals surface area contributed by atoms with E-state index in [4.69, 9.17) is 0 Å². The third-order valence-electron chi connectivity index (χ3n) is 6.13. The second-order valence-corrected chi connectivity index (χ2v) is 9.24. The molecule has 4 nitrogen and oxygen atoms in total. The number of hydrogen-bond acceptors (Lipinski definition) is 4. The molecule has 2 aromatic rings. The number of piperazine rings is 1. The van der Waals surface area contributed by atoms with Gasteiger partial charge in [-0.1, -0.05) is 36.4 Å². The third-order valence-corrected chi connectivity index (χ3v) is 6.99. The van der Waals surface area contributed by atoms with E-state index in [2.05, 4.69) is 69.5 Å². The molecule has 1 aromatic heterocycles. The van der Waals surface area contributed by atoms with Gasteiger partial charge >= 0.3 is 0 Å². The Morgan fingerprint density at radius 1 is 1.11 bits per heavy atom. The van der Waals surface area contributed by atoms with E-state index in [1.54, 1.807) is 0 Å². The topological polar surface area (TPSA) is 26.8 Å². The summed E-state index contributed by atoms with van der Waals surface area (Å²) >= 11 is 1.82. The number of benzene rings is 1. The maximum Gasteiger partial charge on any atom is 0.236 e. The molecule has 1 saturated heterocycles. The Labute approximate surface area is 172 Å². The van der Waals surface area contributed by atoms with Crippen LogP contribution in [0.2, 0.25) is 0 Å². The van der Waals surface area contributed by atoms with Crippen LogP contribution in [0, 0.1) is 5.92 Å². The first kappa shape index (κ1) is 19.6. The Bertz CT molecular complexity index is 736. The lowest BCUT2D eigenvalue weighted by molar-refractivity contribution is -0.135. The van der Waals surface area contributed by atoms with Crippen LogP contribution in [0.4, 0.5) is 0 Å². The molecule has 2 fully saturated rings. The lowest BCUT2D eigenvalue weighted by atomic mass is 10.1. The van der Waals surface area contributed by atoms with E-state index in [1.165, 1.54) is 23.3 Å². The van der Waals surface area contributed by atoms with Crippen LogP contribution >= 0.6 is 11.3 Å². The summed E-state index contributed by atoms with van der Waals surface area (Å²) in [5.74, 6) is 1.05. The molecule has 0 N–H and O–H groups in total. The van der Waals surface area contributed by atoms with Crippen LogP contribution in [0.1, 0.15) is 30.2 Å². The van der Waals surface area contributed by atoms with Crippen molar-refractivity contribution in [3.8, 4) is 0 Å². The Kier molecular flexibility index (Phi) is 6.45. The van der Waals surface area contributed by atoms with Crippen molar-refractivity contribution in [2.75, 3.05) is 32.7 Å². The highest BCUT2D eigenvalue weighted by Gasteiger charge is 2.33. The van der Waals surface area contributed by atoms with Gasteiger partial charge in [0.25, 0.3) is 0 Å². The van der Waals surface area contributed by atoms with Crippen molar-refractivity contribution in [1.82, 2.24) is 14.7 Å². The molecule has 0 bridgehead atoms. The second-order valence-electron chi connectivity index (χ2n) is 8.20. The van der Waals surface area contributed by atoms with Crippen LogP contribution in [0.3, 0.4) is 0 Å². The van der Waals surface area contributed by atoms with Crippen molar-refractivity contribution in [3.05, 3.63) is 58.3 Å². The molecule has 1 atom stereocenters. The van der Waals surface area contributed by atoms with E-state index in [1.807, 2.05) is 11.3 Å². The average molecular weight is 398 g/mol. The van der Waals surface area contributed by atoms with E-state index in [0.29, 0.717) is 18.5 Å². The number of nitrogens with zero attached hydrogens (tertiary/aromatic N) is 3. The molecule has 28 heavy (non-hydrogen) atoms. The number of thiophene rings is 1. The fourth-order valence-electron chi connectivity index (χ4n) is 4.09. The molecular formula is C23H31N3OS. The molecule has 0 radical (unpaired) electrons. The molecule has 1 unspecified atom stereocenters. The Morgan fingerprint density at radius 2 is 1.86 bits per heavy atom. The van der Waals surface area contributed by atoms with E-state index in [9.17, 15) is 4.79 Å². The summed E-state index contributed by atoms with van der Waals surface area (Å²) in [6.07, 6.45) is 2.62.